The van der Waals surface area contributed by atoms with E-state index in [2.05, 4.69) is 86.2 Å². The summed E-state index contributed by atoms with van der Waals surface area (Å²) in [6.45, 7) is 3.60. The van der Waals surface area contributed by atoms with E-state index < -0.39 is 0 Å². The minimum absolute atomic E-state index is 0.635. The van der Waals surface area contributed by atoms with E-state index in [-0.39, 0.29) is 0 Å². The number of benzene rings is 2. The average molecular weight is 396 g/mol. The molecular weight excluding hydrogens is 372 g/mol. The monoisotopic (exact) mass is 396 g/mol. The zero-order chi connectivity index (χ0) is 20.3. The summed E-state index contributed by atoms with van der Waals surface area (Å²) in [6.07, 6.45) is 6.73. The molecule has 5 rings (SSSR count). The number of hydrogen-bond donors (Lipinski definition) is 4. The van der Waals surface area contributed by atoms with Crippen LogP contribution < -0.4 is 10.6 Å². The number of aryl methyl sites for hydroxylation is 1. The summed E-state index contributed by atoms with van der Waals surface area (Å²) in [5.74, 6) is 1.44. The second-order valence-corrected chi connectivity index (χ2v) is 7.56. The molecule has 6 heteroatoms. The first-order valence-corrected chi connectivity index (χ1v) is 10.2. The third kappa shape index (κ3) is 3.85. The molecule has 0 aliphatic heterocycles. The van der Waals surface area contributed by atoms with Gasteiger partial charge in [-0.25, -0.2) is 4.98 Å². The smallest absolute Gasteiger partial charge is 0.224 e. The third-order valence-electron chi connectivity index (χ3n) is 5.35. The number of anilines is 2. The molecule has 0 aliphatic rings. The standard InChI is InChI=1S/C24H24N6/c1-16-2-5-21-20(12-16)19(15-28-21)7-10-26-24-27-11-8-23(30-24)29-14-17-3-4-18-6-9-25-22(18)13-17/h2-6,8-9,11-13,15,25,28H,7,10,14H2,1H3,(H2,26,27,29,30). The van der Waals surface area contributed by atoms with Gasteiger partial charge in [0.2, 0.25) is 5.95 Å². The number of nitrogens with zero attached hydrogens (tertiary/aromatic N) is 2. The van der Waals surface area contributed by atoms with Gasteiger partial charge in [0.1, 0.15) is 5.82 Å². The highest BCUT2D eigenvalue weighted by molar-refractivity contribution is 5.84. The summed E-state index contributed by atoms with van der Waals surface area (Å²) in [5.41, 5.74) is 6.10. The number of hydrogen-bond acceptors (Lipinski definition) is 4. The van der Waals surface area contributed by atoms with Crippen molar-refractivity contribution in [3.05, 3.63) is 83.8 Å². The highest BCUT2D eigenvalue weighted by Crippen LogP contribution is 2.20. The van der Waals surface area contributed by atoms with Crippen molar-refractivity contribution in [3.8, 4) is 0 Å². The minimum Gasteiger partial charge on any atom is -0.366 e. The first-order valence-electron chi connectivity index (χ1n) is 10.2. The second kappa shape index (κ2) is 7.91. The Hall–Kier alpha value is -3.80. The van der Waals surface area contributed by atoms with Gasteiger partial charge < -0.3 is 20.6 Å². The van der Waals surface area contributed by atoms with Gasteiger partial charge in [-0.1, -0.05) is 23.8 Å². The van der Waals surface area contributed by atoms with Crippen LogP contribution in [0.25, 0.3) is 21.8 Å². The lowest BCUT2D eigenvalue weighted by Crippen LogP contribution is -2.09. The molecule has 30 heavy (non-hydrogen) atoms. The number of H-pyrrole nitrogens is 2. The van der Waals surface area contributed by atoms with Gasteiger partial charge in [-0.05, 0) is 60.2 Å². The van der Waals surface area contributed by atoms with Crippen molar-refractivity contribution in [2.24, 2.45) is 0 Å². The summed E-state index contributed by atoms with van der Waals surface area (Å²) in [5, 5.41) is 9.23. The Morgan fingerprint density at radius 3 is 2.87 bits per heavy atom. The van der Waals surface area contributed by atoms with Crippen molar-refractivity contribution in [1.82, 2.24) is 19.9 Å². The van der Waals surface area contributed by atoms with Crippen LogP contribution in [0.5, 0.6) is 0 Å². The Bertz CT molecular complexity index is 1300. The van der Waals surface area contributed by atoms with Crippen LogP contribution in [0.1, 0.15) is 16.7 Å². The first kappa shape index (κ1) is 18.2. The molecule has 3 aromatic heterocycles. The van der Waals surface area contributed by atoms with Crippen LogP contribution in [0.15, 0.2) is 67.1 Å². The molecule has 0 saturated carbocycles. The maximum atomic E-state index is 4.59. The highest BCUT2D eigenvalue weighted by atomic mass is 15.1. The maximum Gasteiger partial charge on any atom is 0.224 e. The molecule has 0 atom stereocenters. The third-order valence-corrected chi connectivity index (χ3v) is 5.35. The van der Waals surface area contributed by atoms with E-state index in [9.17, 15) is 0 Å². The Morgan fingerprint density at radius 1 is 0.933 bits per heavy atom. The van der Waals surface area contributed by atoms with Crippen molar-refractivity contribution in [2.75, 3.05) is 17.2 Å². The van der Waals surface area contributed by atoms with Crippen LogP contribution in [0.2, 0.25) is 0 Å². The minimum atomic E-state index is 0.635. The lowest BCUT2D eigenvalue weighted by Gasteiger charge is -2.09. The van der Waals surface area contributed by atoms with Gasteiger partial charge in [0, 0.05) is 48.1 Å². The summed E-state index contributed by atoms with van der Waals surface area (Å²) in [6, 6.07) is 16.9. The fourth-order valence-electron chi connectivity index (χ4n) is 3.75. The van der Waals surface area contributed by atoms with E-state index in [4.69, 9.17) is 0 Å². The second-order valence-electron chi connectivity index (χ2n) is 7.56. The summed E-state index contributed by atoms with van der Waals surface area (Å²) < 4.78 is 0. The van der Waals surface area contributed by atoms with Crippen LogP contribution in [-0.4, -0.2) is 26.5 Å². The van der Waals surface area contributed by atoms with Crippen molar-refractivity contribution in [1.29, 1.82) is 0 Å². The zero-order valence-electron chi connectivity index (χ0n) is 16.9. The molecule has 0 fully saturated rings. The fraction of sp³-hybridized carbons (Fsp3) is 0.167. The molecular formula is C24H24N6. The first-order chi connectivity index (χ1) is 14.7. The topological polar surface area (TPSA) is 81.4 Å². The molecule has 4 N–H and O–H groups in total. The van der Waals surface area contributed by atoms with E-state index >= 15 is 0 Å². The molecule has 3 heterocycles. The van der Waals surface area contributed by atoms with E-state index in [1.54, 1.807) is 6.20 Å². The Balaban J connectivity index is 1.19. The van der Waals surface area contributed by atoms with Gasteiger partial charge in [-0.3, -0.25) is 0 Å². The Kier molecular flexibility index (Phi) is 4.81. The van der Waals surface area contributed by atoms with Crippen LogP contribution in [-0.2, 0) is 13.0 Å². The van der Waals surface area contributed by atoms with E-state index in [0.717, 1.165) is 24.3 Å². The summed E-state index contributed by atoms with van der Waals surface area (Å²) in [7, 11) is 0. The maximum absolute atomic E-state index is 4.59. The molecule has 0 unspecified atom stereocenters. The quantitative estimate of drug-likeness (QED) is 0.312. The lowest BCUT2D eigenvalue weighted by atomic mass is 10.1. The van der Waals surface area contributed by atoms with Gasteiger partial charge in [0.15, 0.2) is 0 Å². The van der Waals surface area contributed by atoms with E-state index in [1.807, 2.05) is 12.3 Å². The van der Waals surface area contributed by atoms with Gasteiger partial charge in [0.25, 0.3) is 0 Å². The molecule has 150 valence electrons. The molecule has 0 aliphatic carbocycles. The number of fused-ring (bicyclic) bond motifs is 2. The van der Waals surface area contributed by atoms with Crippen LogP contribution in [0.3, 0.4) is 0 Å². The van der Waals surface area contributed by atoms with Crippen molar-refractivity contribution < 1.29 is 0 Å². The SMILES string of the molecule is Cc1ccc2[nH]cc(CCNc3nccc(NCc4ccc5cc[nH]c5c4)n3)c2c1. The van der Waals surface area contributed by atoms with Crippen molar-refractivity contribution in [2.45, 2.75) is 19.9 Å². The predicted octanol–water partition coefficient (Wildman–Crippen LogP) is 5.01. The van der Waals surface area contributed by atoms with Crippen LogP contribution in [0, 0.1) is 6.92 Å². The molecule has 5 aromatic rings. The molecule has 0 radical (unpaired) electrons. The van der Waals surface area contributed by atoms with E-state index in [0.29, 0.717) is 12.5 Å². The molecule has 0 spiro atoms. The summed E-state index contributed by atoms with van der Waals surface area (Å²) >= 11 is 0. The molecule has 0 saturated heterocycles. The lowest BCUT2D eigenvalue weighted by molar-refractivity contribution is 0.985. The van der Waals surface area contributed by atoms with Gasteiger partial charge in [-0.2, -0.15) is 4.98 Å². The highest BCUT2D eigenvalue weighted by Gasteiger charge is 2.05. The average Bonchev–Trinajstić information content (AvgIpc) is 3.39. The number of aromatic nitrogens is 4. The molecule has 0 amide bonds. The Morgan fingerprint density at radius 2 is 1.90 bits per heavy atom. The van der Waals surface area contributed by atoms with Crippen molar-refractivity contribution in [3.63, 3.8) is 0 Å². The van der Waals surface area contributed by atoms with Crippen LogP contribution >= 0.6 is 0 Å². The predicted molar refractivity (Wildman–Crippen MR) is 123 cm³/mol. The van der Waals surface area contributed by atoms with E-state index in [1.165, 1.54) is 33.0 Å². The molecule has 6 nitrogen and oxygen atoms in total. The Labute approximate surface area is 174 Å². The van der Waals surface area contributed by atoms with Gasteiger partial charge >= 0.3 is 0 Å². The fourth-order valence-corrected chi connectivity index (χ4v) is 3.75. The van der Waals surface area contributed by atoms with Crippen molar-refractivity contribution >= 4 is 33.6 Å². The zero-order valence-corrected chi connectivity index (χ0v) is 16.9. The number of rotatable bonds is 7. The number of aromatic amines is 2. The van der Waals surface area contributed by atoms with Crippen LogP contribution in [0.4, 0.5) is 11.8 Å². The molecule has 0 bridgehead atoms. The van der Waals surface area contributed by atoms with Gasteiger partial charge in [0.05, 0.1) is 0 Å². The largest absolute Gasteiger partial charge is 0.366 e. The van der Waals surface area contributed by atoms with Gasteiger partial charge in [-0.15, -0.1) is 0 Å². The molecule has 2 aromatic carbocycles. The number of nitrogens with one attached hydrogen (secondary N) is 4. The summed E-state index contributed by atoms with van der Waals surface area (Å²) in [4.78, 5) is 15.5. The normalized spacial score (nSPS) is 11.2.